The maximum Gasteiger partial charge on any atom is 0.405 e. The third-order valence-corrected chi connectivity index (χ3v) is 8.13. The summed E-state index contributed by atoms with van der Waals surface area (Å²) in [5.74, 6) is 1.23. The molecular weight excluding hydrogens is 522 g/mol. The van der Waals surface area contributed by atoms with Crippen LogP contribution in [0.4, 0.5) is 15.3 Å². The van der Waals surface area contributed by atoms with Crippen molar-refractivity contribution in [2.24, 2.45) is 16.3 Å². The number of hydrogen-bond acceptors (Lipinski definition) is 7. The molecule has 4 rings (SSSR count). The SMILES string of the molecule is CNC(=O)N1N=C(c2ccc(N3CCC(C)(OC(N)=O)CC3C(C)(C)C)cc2)c2cc(OC)c(OC)cc2CC1C. The number of nitrogens with one attached hydrogen (secondary N) is 1. The second-order valence-corrected chi connectivity index (χ2v) is 12.2. The number of primary amides is 1. The number of amides is 3. The highest BCUT2D eigenvalue weighted by atomic mass is 16.6. The molecule has 3 amide bonds. The highest BCUT2D eigenvalue weighted by Gasteiger charge is 2.44. The van der Waals surface area contributed by atoms with E-state index >= 15 is 0 Å². The van der Waals surface area contributed by atoms with E-state index in [0.29, 0.717) is 43.0 Å². The summed E-state index contributed by atoms with van der Waals surface area (Å²) in [6.45, 7) is 11.2. The molecule has 2 aliphatic heterocycles. The molecule has 0 aromatic heterocycles. The van der Waals surface area contributed by atoms with Crippen molar-refractivity contribution in [3.05, 3.63) is 53.1 Å². The Morgan fingerprint density at radius 1 is 1.10 bits per heavy atom. The van der Waals surface area contributed by atoms with Crippen LogP contribution in [0.2, 0.25) is 0 Å². The zero-order valence-electron chi connectivity index (χ0n) is 25.4. The number of nitrogens with two attached hydrogens (primary N) is 1. The molecule has 3 unspecified atom stereocenters. The van der Waals surface area contributed by atoms with Crippen LogP contribution in [0.3, 0.4) is 0 Å². The summed E-state index contributed by atoms with van der Waals surface area (Å²) in [5, 5.41) is 9.09. The average molecular weight is 566 g/mol. The monoisotopic (exact) mass is 565 g/mol. The largest absolute Gasteiger partial charge is 0.493 e. The fourth-order valence-electron chi connectivity index (χ4n) is 5.91. The fraction of sp³-hybridized carbons (Fsp3) is 0.516. The fourth-order valence-corrected chi connectivity index (χ4v) is 5.91. The van der Waals surface area contributed by atoms with Gasteiger partial charge in [0.1, 0.15) is 5.60 Å². The van der Waals surface area contributed by atoms with Crippen LogP contribution in [0.1, 0.15) is 64.2 Å². The Bertz CT molecular complexity index is 1320. The zero-order chi connectivity index (χ0) is 30.1. The number of hydrogen-bond donors (Lipinski definition) is 2. The number of hydrazone groups is 1. The van der Waals surface area contributed by atoms with Crippen molar-refractivity contribution in [1.82, 2.24) is 10.3 Å². The van der Waals surface area contributed by atoms with Gasteiger partial charge in [0.05, 0.1) is 26.0 Å². The van der Waals surface area contributed by atoms with Crippen LogP contribution in [0.25, 0.3) is 0 Å². The third-order valence-electron chi connectivity index (χ3n) is 8.13. The lowest BCUT2D eigenvalue weighted by Crippen LogP contribution is -2.56. The Morgan fingerprint density at radius 3 is 2.29 bits per heavy atom. The molecule has 0 radical (unpaired) electrons. The Morgan fingerprint density at radius 2 is 1.73 bits per heavy atom. The number of ether oxygens (including phenoxy) is 3. The minimum absolute atomic E-state index is 0.0779. The number of fused-ring (bicyclic) bond motifs is 1. The average Bonchev–Trinajstić information content (AvgIpc) is 3.06. The lowest BCUT2D eigenvalue weighted by atomic mass is 9.75. The Labute approximate surface area is 242 Å². The summed E-state index contributed by atoms with van der Waals surface area (Å²) in [4.78, 5) is 26.8. The predicted molar refractivity (Wildman–Crippen MR) is 160 cm³/mol. The van der Waals surface area contributed by atoms with Crippen molar-refractivity contribution in [2.45, 2.75) is 71.6 Å². The van der Waals surface area contributed by atoms with E-state index in [1.165, 1.54) is 5.01 Å². The van der Waals surface area contributed by atoms with Crippen LogP contribution in [0, 0.1) is 5.41 Å². The highest BCUT2D eigenvalue weighted by molar-refractivity contribution is 6.14. The number of benzene rings is 2. The quantitative estimate of drug-likeness (QED) is 0.532. The Kier molecular flexibility index (Phi) is 8.42. The minimum Gasteiger partial charge on any atom is -0.493 e. The first-order valence-corrected chi connectivity index (χ1v) is 14.0. The molecule has 0 spiro atoms. The first kappa shape index (κ1) is 30.0. The van der Waals surface area contributed by atoms with Gasteiger partial charge in [0, 0.05) is 49.3 Å². The number of carbonyl (C=O) groups is 2. The number of nitrogens with zero attached hydrogens (tertiary/aromatic N) is 3. The molecule has 3 N–H and O–H groups in total. The van der Waals surface area contributed by atoms with Crippen LogP contribution in [-0.2, 0) is 11.2 Å². The van der Waals surface area contributed by atoms with Crippen molar-refractivity contribution < 1.29 is 23.8 Å². The topological polar surface area (TPSA) is 119 Å². The number of piperidine rings is 1. The van der Waals surface area contributed by atoms with Crippen LogP contribution in [0.5, 0.6) is 11.5 Å². The molecule has 10 nitrogen and oxygen atoms in total. The molecule has 2 aromatic carbocycles. The van der Waals surface area contributed by atoms with E-state index < -0.39 is 11.7 Å². The van der Waals surface area contributed by atoms with E-state index in [-0.39, 0.29) is 23.5 Å². The van der Waals surface area contributed by atoms with E-state index in [1.54, 1.807) is 21.3 Å². The number of carbonyl (C=O) groups excluding carboxylic acids is 2. The number of rotatable bonds is 5. The van der Waals surface area contributed by atoms with Crippen molar-refractivity contribution in [1.29, 1.82) is 0 Å². The molecule has 3 atom stereocenters. The number of urea groups is 1. The van der Waals surface area contributed by atoms with Crippen LogP contribution in [-0.4, -0.2) is 68.3 Å². The summed E-state index contributed by atoms with van der Waals surface area (Å²) in [5.41, 5.74) is 9.22. The third kappa shape index (κ3) is 6.21. The highest BCUT2D eigenvalue weighted by Crippen LogP contribution is 2.41. The van der Waals surface area contributed by atoms with E-state index in [1.807, 2.05) is 38.1 Å². The van der Waals surface area contributed by atoms with Crippen molar-refractivity contribution in [2.75, 3.05) is 32.7 Å². The Balaban J connectivity index is 1.75. The van der Waals surface area contributed by atoms with Gasteiger partial charge in [-0.3, -0.25) is 0 Å². The number of anilines is 1. The zero-order valence-corrected chi connectivity index (χ0v) is 25.4. The summed E-state index contributed by atoms with van der Waals surface area (Å²) >= 11 is 0. The maximum absolute atomic E-state index is 12.8. The molecule has 2 aromatic rings. The van der Waals surface area contributed by atoms with Gasteiger partial charge >= 0.3 is 12.1 Å². The van der Waals surface area contributed by atoms with E-state index in [4.69, 9.17) is 25.0 Å². The summed E-state index contributed by atoms with van der Waals surface area (Å²) in [6, 6.07) is 11.8. The van der Waals surface area contributed by atoms with Crippen LogP contribution >= 0.6 is 0 Å². The molecule has 41 heavy (non-hydrogen) atoms. The van der Waals surface area contributed by atoms with E-state index in [2.05, 4.69) is 43.1 Å². The molecule has 222 valence electrons. The normalized spacial score (nSPS) is 22.7. The predicted octanol–water partition coefficient (Wildman–Crippen LogP) is 4.91. The standard InChI is InChI=1S/C31H43N5O5/c1-19-15-21-16-24(39-7)25(40-8)17-23(21)27(34-36(19)29(38)33-6)20-9-11-22(12-10-20)35-14-13-31(5,41-28(32)37)18-26(35)30(2,3)4/h9-12,16-17,19,26H,13-15,18H2,1-8H3,(H2,32,37)(H,33,38). The summed E-state index contributed by atoms with van der Waals surface area (Å²) < 4.78 is 16.7. The molecule has 0 saturated carbocycles. The molecule has 1 fully saturated rings. The summed E-state index contributed by atoms with van der Waals surface area (Å²) in [7, 11) is 4.82. The van der Waals surface area contributed by atoms with Gasteiger partial charge in [0.2, 0.25) is 0 Å². The van der Waals surface area contributed by atoms with Gasteiger partial charge in [-0.05, 0) is 55.5 Å². The van der Waals surface area contributed by atoms with E-state index in [0.717, 1.165) is 22.4 Å². The van der Waals surface area contributed by atoms with Crippen molar-refractivity contribution >= 4 is 23.5 Å². The van der Waals surface area contributed by atoms with E-state index in [9.17, 15) is 9.59 Å². The molecule has 10 heteroatoms. The van der Waals surface area contributed by atoms with Gasteiger partial charge in [0.25, 0.3) is 0 Å². The van der Waals surface area contributed by atoms with Gasteiger partial charge in [-0.25, -0.2) is 14.6 Å². The van der Waals surface area contributed by atoms with Gasteiger partial charge in [0.15, 0.2) is 11.5 Å². The van der Waals surface area contributed by atoms with Gasteiger partial charge < -0.3 is 30.2 Å². The second-order valence-electron chi connectivity index (χ2n) is 12.2. The van der Waals surface area contributed by atoms with Crippen molar-refractivity contribution in [3.8, 4) is 11.5 Å². The van der Waals surface area contributed by atoms with Gasteiger partial charge in [-0.2, -0.15) is 5.10 Å². The molecule has 2 heterocycles. The lowest BCUT2D eigenvalue weighted by Gasteiger charge is -2.50. The van der Waals surface area contributed by atoms with Crippen LogP contribution < -0.4 is 25.4 Å². The smallest absolute Gasteiger partial charge is 0.405 e. The first-order valence-electron chi connectivity index (χ1n) is 14.0. The van der Waals surface area contributed by atoms with Crippen molar-refractivity contribution in [3.63, 3.8) is 0 Å². The minimum atomic E-state index is -0.739. The molecule has 0 bridgehead atoms. The Hall–Kier alpha value is -3.95. The lowest BCUT2D eigenvalue weighted by molar-refractivity contribution is -0.00932. The first-order chi connectivity index (χ1) is 19.3. The van der Waals surface area contributed by atoms with Crippen LogP contribution in [0.15, 0.2) is 41.5 Å². The second kappa shape index (κ2) is 11.5. The molecule has 2 aliphatic rings. The summed E-state index contributed by atoms with van der Waals surface area (Å²) in [6.07, 6.45) is 1.20. The maximum atomic E-state index is 12.8. The van der Waals surface area contributed by atoms with Gasteiger partial charge in [-0.15, -0.1) is 0 Å². The van der Waals surface area contributed by atoms with Gasteiger partial charge in [-0.1, -0.05) is 32.9 Å². The molecule has 1 saturated heterocycles. The molecule has 0 aliphatic carbocycles. The molecular formula is C31H43N5O5. The number of methoxy groups -OCH3 is 2.